The number of methoxy groups -OCH3 is 1. The number of halogens is 1. The summed E-state index contributed by atoms with van der Waals surface area (Å²) in [5, 5.41) is 3.27. The van der Waals surface area contributed by atoms with Gasteiger partial charge in [0.15, 0.2) is 6.61 Å². The Hall–Kier alpha value is -2.73. The largest absolute Gasteiger partial charge is 0.497 e. The number of nitrogens with zero attached hydrogens (tertiary/aromatic N) is 1. The van der Waals surface area contributed by atoms with E-state index >= 15 is 0 Å². The maximum atomic E-state index is 12.9. The molecule has 1 N–H and O–H groups in total. The molecule has 1 atom stereocenters. The number of rotatable bonds is 8. The molecule has 0 aliphatic carbocycles. The molecule has 2 aromatic carbocycles. The first-order valence-electron chi connectivity index (χ1n) is 9.30. The van der Waals surface area contributed by atoms with Gasteiger partial charge in [0, 0.05) is 18.6 Å². The minimum absolute atomic E-state index is 0.189. The first-order valence-corrected chi connectivity index (χ1v) is 9.68. The van der Waals surface area contributed by atoms with E-state index in [1.54, 1.807) is 33.2 Å². The lowest BCUT2D eigenvalue weighted by atomic mass is 10.1. The highest BCUT2D eigenvalue weighted by Gasteiger charge is 2.26. The molecule has 0 fully saturated rings. The number of likely N-dealkylation sites (N-methyl/N-ethyl adjacent to an activating group) is 1. The summed E-state index contributed by atoms with van der Waals surface area (Å²) in [5.74, 6) is 0.700. The minimum Gasteiger partial charge on any atom is -0.497 e. The molecule has 0 bridgehead atoms. The summed E-state index contributed by atoms with van der Waals surface area (Å²) in [7, 11) is 3.13. The molecular weight excluding hydrogens is 392 g/mol. The Morgan fingerprint density at radius 2 is 1.79 bits per heavy atom. The second-order valence-electron chi connectivity index (χ2n) is 6.82. The molecule has 2 aromatic rings. The third-order valence-corrected chi connectivity index (χ3v) is 5.27. The molecule has 6 nitrogen and oxygen atoms in total. The molecule has 0 saturated carbocycles. The van der Waals surface area contributed by atoms with Crippen LogP contribution in [0.4, 0.5) is 0 Å². The van der Waals surface area contributed by atoms with E-state index in [0.29, 0.717) is 16.5 Å². The van der Waals surface area contributed by atoms with Gasteiger partial charge in [-0.05, 0) is 61.7 Å². The zero-order valence-electron chi connectivity index (χ0n) is 17.4. The van der Waals surface area contributed by atoms with Gasteiger partial charge >= 0.3 is 0 Å². The van der Waals surface area contributed by atoms with E-state index in [2.05, 4.69) is 5.32 Å². The summed E-state index contributed by atoms with van der Waals surface area (Å²) in [6.07, 6.45) is 0. The number of ether oxygens (including phenoxy) is 2. The molecule has 0 aliphatic rings. The van der Waals surface area contributed by atoms with Crippen LogP contribution in [0.2, 0.25) is 5.02 Å². The van der Waals surface area contributed by atoms with Crippen molar-refractivity contribution in [2.75, 3.05) is 20.8 Å². The highest BCUT2D eigenvalue weighted by atomic mass is 35.5. The van der Waals surface area contributed by atoms with Crippen LogP contribution >= 0.6 is 11.6 Å². The Labute approximate surface area is 176 Å². The second-order valence-corrected chi connectivity index (χ2v) is 7.20. The summed E-state index contributed by atoms with van der Waals surface area (Å²) in [6, 6.07) is 10.3. The summed E-state index contributed by atoms with van der Waals surface area (Å²) in [6.45, 7) is 5.52. The van der Waals surface area contributed by atoms with Crippen molar-refractivity contribution in [3.8, 4) is 11.5 Å². The van der Waals surface area contributed by atoms with Gasteiger partial charge in [-0.25, -0.2) is 0 Å². The van der Waals surface area contributed by atoms with Gasteiger partial charge < -0.3 is 19.7 Å². The summed E-state index contributed by atoms with van der Waals surface area (Å²) in [5.41, 5.74) is 2.61. The Kier molecular flexibility index (Phi) is 7.91. The van der Waals surface area contributed by atoms with Crippen molar-refractivity contribution < 1.29 is 19.1 Å². The van der Waals surface area contributed by atoms with Crippen molar-refractivity contribution in [1.82, 2.24) is 10.2 Å². The average molecular weight is 419 g/mol. The van der Waals surface area contributed by atoms with Crippen molar-refractivity contribution in [2.24, 2.45) is 0 Å². The number of amides is 2. The number of benzene rings is 2. The number of hydrogen-bond acceptors (Lipinski definition) is 4. The lowest BCUT2D eigenvalue weighted by Crippen LogP contribution is -2.48. The third kappa shape index (κ3) is 5.87. The van der Waals surface area contributed by atoms with Crippen LogP contribution in [0.15, 0.2) is 36.4 Å². The van der Waals surface area contributed by atoms with Crippen LogP contribution < -0.4 is 14.8 Å². The Bertz CT molecular complexity index is 862. The van der Waals surface area contributed by atoms with Gasteiger partial charge in [-0.1, -0.05) is 23.7 Å². The van der Waals surface area contributed by atoms with Gasteiger partial charge in [0.1, 0.15) is 17.5 Å². The van der Waals surface area contributed by atoms with E-state index in [-0.39, 0.29) is 25.0 Å². The third-order valence-electron chi connectivity index (χ3n) is 4.67. The maximum Gasteiger partial charge on any atom is 0.261 e. The van der Waals surface area contributed by atoms with E-state index in [0.717, 1.165) is 16.7 Å². The monoisotopic (exact) mass is 418 g/mol. The van der Waals surface area contributed by atoms with Gasteiger partial charge in [0.2, 0.25) is 5.91 Å². The molecule has 156 valence electrons. The first kappa shape index (κ1) is 22.6. The van der Waals surface area contributed by atoms with Gasteiger partial charge in [-0.2, -0.15) is 0 Å². The van der Waals surface area contributed by atoms with Crippen LogP contribution in [-0.2, 0) is 16.1 Å². The molecule has 0 aliphatic heterocycles. The highest BCUT2D eigenvalue weighted by molar-refractivity contribution is 6.32. The fourth-order valence-electron chi connectivity index (χ4n) is 2.98. The van der Waals surface area contributed by atoms with Crippen LogP contribution in [0.5, 0.6) is 11.5 Å². The van der Waals surface area contributed by atoms with E-state index in [4.69, 9.17) is 21.1 Å². The highest BCUT2D eigenvalue weighted by Crippen LogP contribution is 2.26. The lowest BCUT2D eigenvalue weighted by Gasteiger charge is -2.28. The van der Waals surface area contributed by atoms with Crippen LogP contribution in [-0.4, -0.2) is 43.5 Å². The topological polar surface area (TPSA) is 67.9 Å². The SMILES string of the molecule is CNC(=O)C(C)N(Cc1cccc(OC)c1)C(=O)COc1cc(C)c(Cl)c(C)c1. The number of carbonyl (C=O) groups excluding carboxylic acids is 2. The molecular formula is C22H27ClN2O4. The second kappa shape index (κ2) is 10.2. The molecule has 29 heavy (non-hydrogen) atoms. The molecule has 1 unspecified atom stereocenters. The summed E-state index contributed by atoms with van der Waals surface area (Å²) >= 11 is 6.18. The van der Waals surface area contributed by atoms with Crippen LogP contribution in [0, 0.1) is 13.8 Å². The van der Waals surface area contributed by atoms with Gasteiger partial charge in [-0.15, -0.1) is 0 Å². The first-order chi connectivity index (χ1) is 13.8. The Morgan fingerprint density at radius 1 is 1.14 bits per heavy atom. The lowest BCUT2D eigenvalue weighted by molar-refractivity contribution is -0.142. The maximum absolute atomic E-state index is 12.9. The fourth-order valence-corrected chi connectivity index (χ4v) is 3.09. The molecule has 7 heteroatoms. The zero-order chi connectivity index (χ0) is 21.6. The van der Waals surface area contributed by atoms with Crippen LogP contribution in [0.25, 0.3) is 0 Å². The smallest absolute Gasteiger partial charge is 0.261 e. The molecule has 0 spiro atoms. The van der Waals surface area contributed by atoms with E-state index in [1.807, 2.05) is 38.1 Å². The number of hydrogen-bond donors (Lipinski definition) is 1. The standard InChI is InChI=1S/C22H27ClN2O4/c1-14-9-19(10-15(2)21(14)23)29-13-20(26)25(16(3)22(27)24-4)12-17-7-6-8-18(11-17)28-5/h6-11,16H,12-13H2,1-5H3,(H,24,27). The van der Waals surface area contributed by atoms with Crippen molar-refractivity contribution in [3.63, 3.8) is 0 Å². The molecule has 2 rings (SSSR count). The molecule has 0 saturated heterocycles. The van der Waals surface area contributed by atoms with Gasteiger partial charge in [0.25, 0.3) is 5.91 Å². The quantitative estimate of drug-likeness (QED) is 0.712. The van der Waals surface area contributed by atoms with Crippen LogP contribution in [0.1, 0.15) is 23.6 Å². The molecule has 2 amide bonds. The van der Waals surface area contributed by atoms with Crippen molar-refractivity contribution >= 4 is 23.4 Å². The number of carbonyl (C=O) groups is 2. The number of nitrogens with one attached hydrogen (secondary N) is 1. The minimum atomic E-state index is -0.656. The van der Waals surface area contributed by atoms with E-state index in [1.165, 1.54) is 4.90 Å². The van der Waals surface area contributed by atoms with Gasteiger partial charge in [-0.3, -0.25) is 9.59 Å². The fraction of sp³-hybridized carbons (Fsp3) is 0.364. The zero-order valence-corrected chi connectivity index (χ0v) is 18.2. The van der Waals surface area contributed by atoms with E-state index in [9.17, 15) is 9.59 Å². The molecule has 0 aromatic heterocycles. The molecule has 0 radical (unpaired) electrons. The van der Waals surface area contributed by atoms with Crippen LogP contribution in [0.3, 0.4) is 0 Å². The summed E-state index contributed by atoms with van der Waals surface area (Å²) < 4.78 is 11.0. The van der Waals surface area contributed by atoms with Crippen molar-refractivity contribution in [3.05, 3.63) is 58.1 Å². The normalized spacial score (nSPS) is 11.5. The van der Waals surface area contributed by atoms with Crippen molar-refractivity contribution in [2.45, 2.75) is 33.4 Å². The molecule has 0 heterocycles. The van der Waals surface area contributed by atoms with Crippen molar-refractivity contribution in [1.29, 1.82) is 0 Å². The predicted molar refractivity (Wildman–Crippen MR) is 113 cm³/mol. The average Bonchev–Trinajstić information content (AvgIpc) is 2.72. The Morgan fingerprint density at radius 3 is 2.38 bits per heavy atom. The predicted octanol–water partition coefficient (Wildman–Crippen LogP) is 3.51. The van der Waals surface area contributed by atoms with E-state index < -0.39 is 6.04 Å². The van der Waals surface area contributed by atoms with Gasteiger partial charge in [0.05, 0.1) is 7.11 Å². The Balaban J connectivity index is 2.18. The summed E-state index contributed by atoms with van der Waals surface area (Å²) in [4.78, 5) is 26.6. The number of aryl methyl sites for hydroxylation is 2.